The first kappa shape index (κ1) is 13.5. The number of hydrogen-bond donors (Lipinski definition) is 2. The summed E-state index contributed by atoms with van der Waals surface area (Å²) >= 11 is 5.12. The molecule has 0 bridgehead atoms. The van der Waals surface area contributed by atoms with Gasteiger partial charge in [-0.15, -0.1) is 11.3 Å². The standard InChI is InChI=1S/C14H12BrN3OS/c15-9-5-10(20-8-9)6-16-7-13-17-12-4-2-1-3-11(12)14(19)18-13/h1-5,8,16H,6-7H2,(H,17,18,19). The quantitative estimate of drug-likeness (QED) is 0.761. The van der Waals surface area contributed by atoms with Crippen molar-refractivity contribution in [1.82, 2.24) is 15.3 Å². The lowest BCUT2D eigenvalue weighted by molar-refractivity contribution is 0.669. The van der Waals surface area contributed by atoms with E-state index in [1.54, 1.807) is 17.4 Å². The number of nitrogens with zero attached hydrogens (tertiary/aromatic N) is 1. The van der Waals surface area contributed by atoms with Crippen molar-refractivity contribution < 1.29 is 0 Å². The van der Waals surface area contributed by atoms with Crippen LogP contribution in [-0.2, 0) is 13.1 Å². The summed E-state index contributed by atoms with van der Waals surface area (Å²) in [5.74, 6) is 0.657. The monoisotopic (exact) mass is 349 g/mol. The molecule has 3 aromatic rings. The molecule has 0 radical (unpaired) electrons. The van der Waals surface area contributed by atoms with Crippen LogP contribution in [0.25, 0.3) is 10.9 Å². The van der Waals surface area contributed by atoms with E-state index in [-0.39, 0.29) is 5.56 Å². The molecule has 4 nitrogen and oxygen atoms in total. The van der Waals surface area contributed by atoms with Gasteiger partial charge < -0.3 is 10.3 Å². The topological polar surface area (TPSA) is 57.8 Å². The molecule has 6 heteroatoms. The Kier molecular flexibility index (Phi) is 3.95. The summed E-state index contributed by atoms with van der Waals surface area (Å²) in [6.45, 7) is 1.29. The number of rotatable bonds is 4. The Morgan fingerprint density at radius 1 is 1.30 bits per heavy atom. The molecule has 0 atom stereocenters. The minimum absolute atomic E-state index is 0.0914. The van der Waals surface area contributed by atoms with E-state index in [1.165, 1.54) is 4.88 Å². The van der Waals surface area contributed by atoms with Crippen molar-refractivity contribution in [2.75, 3.05) is 0 Å². The van der Waals surface area contributed by atoms with Gasteiger partial charge in [0.15, 0.2) is 0 Å². The lowest BCUT2D eigenvalue weighted by atomic mass is 10.2. The number of para-hydroxylation sites is 1. The zero-order valence-electron chi connectivity index (χ0n) is 10.5. The Balaban J connectivity index is 1.73. The molecular formula is C14H12BrN3OS. The second kappa shape index (κ2) is 5.87. The van der Waals surface area contributed by atoms with Crippen molar-refractivity contribution in [3.63, 3.8) is 0 Å². The third kappa shape index (κ3) is 2.98. The van der Waals surface area contributed by atoms with Gasteiger partial charge in [-0.1, -0.05) is 12.1 Å². The molecule has 0 amide bonds. The van der Waals surface area contributed by atoms with Gasteiger partial charge in [0.2, 0.25) is 0 Å². The zero-order valence-corrected chi connectivity index (χ0v) is 12.9. The highest BCUT2D eigenvalue weighted by Gasteiger charge is 2.03. The molecule has 2 heterocycles. The Bertz CT molecular complexity index is 796. The van der Waals surface area contributed by atoms with Crippen molar-refractivity contribution in [2.45, 2.75) is 13.1 Å². The van der Waals surface area contributed by atoms with Crippen LogP contribution in [0.1, 0.15) is 10.7 Å². The maximum Gasteiger partial charge on any atom is 0.258 e. The zero-order chi connectivity index (χ0) is 13.9. The highest BCUT2D eigenvalue weighted by Crippen LogP contribution is 2.19. The van der Waals surface area contributed by atoms with Crippen LogP contribution < -0.4 is 10.9 Å². The molecule has 0 fully saturated rings. The molecule has 0 spiro atoms. The smallest absolute Gasteiger partial charge is 0.258 e. The lowest BCUT2D eigenvalue weighted by Crippen LogP contribution is -2.18. The summed E-state index contributed by atoms with van der Waals surface area (Å²) in [5, 5.41) is 5.95. The van der Waals surface area contributed by atoms with Crippen LogP contribution >= 0.6 is 27.3 Å². The molecule has 0 aliphatic carbocycles. The fourth-order valence-corrected chi connectivity index (χ4v) is 3.39. The van der Waals surface area contributed by atoms with Gasteiger partial charge in [0.25, 0.3) is 5.56 Å². The molecule has 0 aliphatic rings. The van der Waals surface area contributed by atoms with Crippen LogP contribution in [0.4, 0.5) is 0 Å². The van der Waals surface area contributed by atoms with Gasteiger partial charge in [-0.05, 0) is 34.1 Å². The van der Waals surface area contributed by atoms with Crippen molar-refractivity contribution in [3.8, 4) is 0 Å². The number of aromatic nitrogens is 2. The Labute approximate surface area is 128 Å². The predicted octanol–water partition coefficient (Wildman–Crippen LogP) is 3.04. The molecule has 2 aromatic heterocycles. The average molecular weight is 350 g/mol. The minimum Gasteiger partial charge on any atom is -0.309 e. The first-order chi connectivity index (χ1) is 9.72. The van der Waals surface area contributed by atoms with Crippen LogP contribution in [0.5, 0.6) is 0 Å². The number of H-pyrrole nitrogens is 1. The van der Waals surface area contributed by atoms with Crippen molar-refractivity contribution >= 4 is 38.2 Å². The Morgan fingerprint density at radius 2 is 2.15 bits per heavy atom. The largest absolute Gasteiger partial charge is 0.309 e. The van der Waals surface area contributed by atoms with E-state index in [0.29, 0.717) is 17.8 Å². The molecule has 3 rings (SSSR count). The third-order valence-electron chi connectivity index (χ3n) is 2.88. The maximum atomic E-state index is 11.9. The molecule has 0 saturated heterocycles. The summed E-state index contributed by atoms with van der Waals surface area (Å²) in [4.78, 5) is 20.4. The summed E-state index contributed by atoms with van der Waals surface area (Å²) in [5.41, 5.74) is 0.637. The highest BCUT2D eigenvalue weighted by atomic mass is 79.9. The Morgan fingerprint density at radius 3 is 2.95 bits per heavy atom. The van der Waals surface area contributed by atoms with E-state index in [1.807, 2.05) is 23.6 Å². The van der Waals surface area contributed by atoms with E-state index in [0.717, 1.165) is 16.5 Å². The van der Waals surface area contributed by atoms with Gasteiger partial charge >= 0.3 is 0 Å². The average Bonchev–Trinajstić information content (AvgIpc) is 2.85. The molecule has 20 heavy (non-hydrogen) atoms. The van der Waals surface area contributed by atoms with Crippen LogP contribution in [0, 0.1) is 0 Å². The van der Waals surface area contributed by atoms with Crippen LogP contribution in [0.3, 0.4) is 0 Å². The Hall–Kier alpha value is -1.50. The summed E-state index contributed by atoms with van der Waals surface area (Å²) in [7, 11) is 0. The number of hydrogen-bond acceptors (Lipinski definition) is 4. The van der Waals surface area contributed by atoms with Gasteiger partial charge in [-0.3, -0.25) is 4.79 Å². The van der Waals surface area contributed by atoms with E-state index < -0.39 is 0 Å². The number of fused-ring (bicyclic) bond motifs is 1. The van der Waals surface area contributed by atoms with Gasteiger partial charge in [-0.2, -0.15) is 0 Å². The molecule has 102 valence electrons. The highest BCUT2D eigenvalue weighted by molar-refractivity contribution is 9.10. The number of nitrogens with one attached hydrogen (secondary N) is 2. The van der Waals surface area contributed by atoms with E-state index >= 15 is 0 Å². The normalized spacial score (nSPS) is 11.1. The van der Waals surface area contributed by atoms with Crippen molar-refractivity contribution in [3.05, 3.63) is 61.2 Å². The third-order valence-corrected chi connectivity index (χ3v) is 4.57. The second-order valence-corrected chi connectivity index (χ2v) is 6.28. The number of benzene rings is 1. The van der Waals surface area contributed by atoms with Gasteiger partial charge in [-0.25, -0.2) is 4.98 Å². The number of thiophene rings is 1. The molecule has 1 aromatic carbocycles. The van der Waals surface area contributed by atoms with Gasteiger partial charge in [0, 0.05) is 21.3 Å². The van der Waals surface area contributed by atoms with Crippen molar-refractivity contribution in [2.24, 2.45) is 0 Å². The first-order valence-corrected chi connectivity index (χ1v) is 7.81. The maximum absolute atomic E-state index is 11.9. The molecule has 0 saturated carbocycles. The first-order valence-electron chi connectivity index (χ1n) is 6.14. The van der Waals surface area contributed by atoms with E-state index in [2.05, 4.69) is 37.3 Å². The fourth-order valence-electron chi connectivity index (χ4n) is 1.97. The summed E-state index contributed by atoms with van der Waals surface area (Å²) in [6, 6.07) is 9.43. The fraction of sp³-hybridized carbons (Fsp3) is 0.143. The number of halogens is 1. The molecule has 2 N–H and O–H groups in total. The second-order valence-electron chi connectivity index (χ2n) is 4.36. The SMILES string of the molecule is O=c1[nH]c(CNCc2cc(Br)cs2)nc2ccccc12. The van der Waals surface area contributed by atoms with Gasteiger partial charge in [0.05, 0.1) is 17.4 Å². The number of aromatic amines is 1. The van der Waals surface area contributed by atoms with Gasteiger partial charge in [0.1, 0.15) is 5.82 Å². The van der Waals surface area contributed by atoms with Crippen LogP contribution in [0.15, 0.2) is 45.0 Å². The molecule has 0 aliphatic heterocycles. The van der Waals surface area contributed by atoms with Crippen LogP contribution in [-0.4, -0.2) is 9.97 Å². The molecular weight excluding hydrogens is 338 g/mol. The summed E-state index contributed by atoms with van der Waals surface area (Å²) in [6.07, 6.45) is 0. The molecule has 0 unspecified atom stereocenters. The van der Waals surface area contributed by atoms with Crippen LogP contribution in [0.2, 0.25) is 0 Å². The predicted molar refractivity (Wildman–Crippen MR) is 84.9 cm³/mol. The summed E-state index contributed by atoms with van der Waals surface area (Å²) < 4.78 is 1.09. The van der Waals surface area contributed by atoms with E-state index in [4.69, 9.17) is 0 Å². The minimum atomic E-state index is -0.0914. The van der Waals surface area contributed by atoms with E-state index in [9.17, 15) is 4.79 Å². The van der Waals surface area contributed by atoms with Crippen molar-refractivity contribution in [1.29, 1.82) is 0 Å². The lowest BCUT2D eigenvalue weighted by Gasteiger charge is -2.04.